The number of nitrogens with one attached hydrogen (secondary N) is 1. The Bertz CT molecular complexity index is 556. The number of quaternary nitrogens is 1. The second-order valence-electron chi connectivity index (χ2n) is 10.3. The molecule has 0 aromatic carbocycles. The maximum absolute atomic E-state index is 11.9. The van der Waals surface area contributed by atoms with Crippen molar-refractivity contribution in [2.24, 2.45) is 0 Å². The molecule has 0 heterocycles. The highest BCUT2D eigenvalue weighted by Gasteiger charge is 2.18. The second-order valence-corrected chi connectivity index (χ2v) is 10.3. The summed E-state index contributed by atoms with van der Waals surface area (Å²) in [5.41, 5.74) is 0. The van der Waals surface area contributed by atoms with Crippen LogP contribution < -0.4 is 5.32 Å². The zero-order chi connectivity index (χ0) is 25.3. The highest BCUT2D eigenvalue weighted by atomic mass is 16.4. The van der Waals surface area contributed by atoms with Gasteiger partial charge in [-0.3, -0.25) is 4.79 Å². The molecule has 0 unspecified atom stereocenters. The number of carboxylic acid groups (broad SMARTS) is 1. The summed E-state index contributed by atoms with van der Waals surface area (Å²) >= 11 is 0. The van der Waals surface area contributed by atoms with E-state index in [0.717, 1.165) is 32.2 Å². The largest absolute Gasteiger partial charge is 0.477 e. The summed E-state index contributed by atoms with van der Waals surface area (Å²) in [6.45, 7) is 3.73. The molecule has 0 bridgehead atoms. The van der Waals surface area contributed by atoms with Gasteiger partial charge in [-0.25, -0.2) is 4.79 Å². The van der Waals surface area contributed by atoms with Crippen molar-refractivity contribution >= 4 is 11.9 Å². The van der Waals surface area contributed by atoms with Crippen molar-refractivity contribution in [3.8, 4) is 0 Å². The molecule has 2 N–H and O–H groups in total. The quantitative estimate of drug-likeness (QED) is 0.0887. The first-order valence-electron chi connectivity index (χ1n) is 14.0. The van der Waals surface area contributed by atoms with E-state index in [1.54, 1.807) is 0 Å². The van der Waals surface area contributed by atoms with Gasteiger partial charge in [0.1, 0.15) is 0 Å². The Morgan fingerprint density at radius 2 is 1.18 bits per heavy atom. The number of hydrogen-bond acceptors (Lipinski definition) is 2. The Kier molecular flexibility index (Phi) is 22.0. The van der Waals surface area contributed by atoms with Crippen molar-refractivity contribution in [2.75, 3.05) is 33.7 Å². The van der Waals surface area contributed by atoms with Crippen LogP contribution in [0.5, 0.6) is 0 Å². The van der Waals surface area contributed by atoms with E-state index >= 15 is 0 Å². The molecule has 0 aliphatic carbocycles. The van der Waals surface area contributed by atoms with Gasteiger partial charge in [0.05, 0.1) is 20.6 Å². The lowest BCUT2D eigenvalue weighted by Gasteiger charge is -2.27. The van der Waals surface area contributed by atoms with E-state index in [1.807, 2.05) is 14.1 Å². The molecule has 5 nitrogen and oxygen atoms in total. The van der Waals surface area contributed by atoms with Crippen LogP contribution in [0.4, 0.5) is 0 Å². The number of rotatable bonds is 24. The summed E-state index contributed by atoms with van der Waals surface area (Å²) in [4.78, 5) is 22.7. The van der Waals surface area contributed by atoms with E-state index in [0.29, 0.717) is 17.4 Å². The lowest BCUT2D eigenvalue weighted by Crippen LogP contribution is -2.45. The van der Waals surface area contributed by atoms with Crippen LogP contribution in [-0.4, -0.2) is 55.2 Å². The van der Waals surface area contributed by atoms with Gasteiger partial charge in [-0.2, -0.15) is 0 Å². The molecule has 1 amide bonds. The number of amides is 1. The summed E-state index contributed by atoms with van der Waals surface area (Å²) in [7, 11) is 3.80. The fourth-order valence-electron chi connectivity index (χ4n) is 4.04. The molecule has 0 aliphatic rings. The Labute approximate surface area is 210 Å². The van der Waals surface area contributed by atoms with Gasteiger partial charge in [-0.1, -0.05) is 76.2 Å². The number of carbonyl (C=O) groups is 2. The topological polar surface area (TPSA) is 66.4 Å². The maximum atomic E-state index is 11.9. The normalized spacial score (nSPS) is 12.1. The number of allylic oxidation sites excluding steroid dienone is 4. The lowest BCUT2D eigenvalue weighted by molar-refractivity contribution is -0.883. The van der Waals surface area contributed by atoms with Gasteiger partial charge >= 0.3 is 5.97 Å². The molecular formula is C29H55N2O3+. The van der Waals surface area contributed by atoms with Gasteiger partial charge in [-0.15, -0.1) is 0 Å². The Balaban J connectivity index is 3.41. The molecule has 0 aromatic heterocycles. The highest BCUT2D eigenvalue weighted by molar-refractivity contribution is 5.75. The molecular weight excluding hydrogens is 424 g/mol. The van der Waals surface area contributed by atoms with Crippen molar-refractivity contribution in [1.82, 2.24) is 5.32 Å². The third kappa shape index (κ3) is 25.0. The molecule has 0 fully saturated rings. The van der Waals surface area contributed by atoms with E-state index in [2.05, 4.69) is 36.5 Å². The van der Waals surface area contributed by atoms with Crippen molar-refractivity contribution in [3.05, 3.63) is 24.3 Å². The molecule has 0 saturated heterocycles. The van der Waals surface area contributed by atoms with E-state index in [4.69, 9.17) is 5.11 Å². The molecule has 0 saturated carbocycles. The summed E-state index contributed by atoms with van der Waals surface area (Å²) in [6, 6.07) is 0. The summed E-state index contributed by atoms with van der Waals surface area (Å²) in [6.07, 6.45) is 29.5. The first kappa shape index (κ1) is 32.4. The zero-order valence-electron chi connectivity index (χ0n) is 22.7. The standard InChI is InChI=1S/C29H54N2O3/c1-4-5-6-7-8-9-10-11-12-13-14-15-16-17-18-19-20-21-22-24-28(32)30-25-23-26-31(2,3)27-29(33)34/h11-12,19-20H,4-10,13-18,21-27H2,1-3H3,(H-,30,32,33,34)/p+1/b12-11-,20-19-. The van der Waals surface area contributed by atoms with Gasteiger partial charge in [0.2, 0.25) is 5.91 Å². The number of likely N-dealkylation sites (N-methyl/N-ethyl adjacent to an activating group) is 1. The van der Waals surface area contributed by atoms with Gasteiger partial charge < -0.3 is 14.9 Å². The van der Waals surface area contributed by atoms with E-state index < -0.39 is 5.97 Å². The average Bonchev–Trinajstić information content (AvgIpc) is 2.77. The lowest BCUT2D eigenvalue weighted by atomic mass is 10.1. The molecule has 0 atom stereocenters. The van der Waals surface area contributed by atoms with Crippen LogP contribution in [0.1, 0.15) is 116 Å². The molecule has 0 radical (unpaired) electrons. The van der Waals surface area contributed by atoms with Gasteiger partial charge in [-0.05, 0) is 51.4 Å². The summed E-state index contributed by atoms with van der Waals surface area (Å²) in [5.74, 6) is -0.693. The van der Waals surface area contributed by atoms with Crippen molar-refractivity contribution in [2.45, 2.75) is 116 Å². The molecule has 0 rings (SSSR count). The molecule has 0 aliphatic heterocycles. The molecule has 34 heavy (non-hydrogen) atoms. The monoisotopic (exact) mass is 479 g/mol. The number of nitrogens with zero attached hydrogens (tertiary/aromatic N) is 1. The van der Waals surface area contributed by atoms with Crippen LogP contribution in [0.2, 0.25) is 0 Å². The summed E-state index contributed by atoms with van der Waals surface area (Å²) < 4.78 is 0.437. The van der Waals surface area contributed by atoms with Crippen LogP contribution >= 0.6 is 0 Å². The Morgan fingerprint density at radius 1 is 0.706 bits per heavy atom. The Morgan fingerprint density at radius 3 is 1.68 bits per heavy atom. The summed E-state index contributed by atoms with van der Waals surface area (Å²) in [5, 5.41) is 11.8. The van der Waals surface area contributed by atoms with Crippen molar-refractivity contribution < 1.29 is 19.2 Å². The smallest absolute Gasteiger partial charge is 0.359 e. The number of unbranched alkanes of at least 4 members (excludes halogenated alkanes) is 12. The predicted octanol–water partition coefficient (Wildman–Crippen LogP) is 7.03. The highest BCUT2D eigenvalue weighted by Crippen LogP contribution is 2.10. The Hall–Kier alpha value is -1.62. The minimum Gasteiger partial charge on any atom is -0.477 e. The van der Waals surface area contributed by atoms with E-state index in [9.17, 15) is 9.59 Å². The van der Waals surface area contributed by atoms with Crippen molar-refractivity contribution in [3.63, 3.8) is 0 Å². The first-order chi connectivity index (χ1) is 16.4. The molecule has 198 valence electrons. The van der Waals surface area contributed by atoms with Crippen LogP contribution in [0.3, 0.4) is 0 Å². The van der Waals surface area contributed by atoms with Crippen LogP contribution in [0.25, 0.3) is 0 Å². The second kappa shape index (κ2) is 23.1. The predicted molar refractivity (Wildman–Crippen MR) is 145 cm³/mol. The van der Waals surface area contributed by atoms with Gasteiger partial charge in [0, 0.05) is 19.4 Å². The number of carbonyl (C=O) groups excluding carboxylic acids is 1. The molecule has 0 aromatic rings. The fraction of sp³-hybridized carbons (Fsp3) is 0.793. The first-order valence-corrected chi connectivity index (χ1v) is 14.0. The maximum Gasteiger partial charge on any atom is 0.359 e. The van der Waals surface area contributed by atoms with Gasteiger partial charge in [0.25, 0.3) is 0 Å². The number of aliphatic carboxylic acids is 1. The fourth-order valence-corrected chi connectivity index (χ4v) is 4.04. The molecule has 5 heteroatoms. The van der Waals surface area contributed by atoms with Crippen molar-refractivity contribution in [1.29, 1.82) is 0 Å². The SMILES string of the molecule is CCCCCCCC/C=C\CCCCCC/C=C\CCCC(=O)NCCC[N+](C)(C)CC(=O)O. The average molecular weight is 480 g/mol. The zero-order valence-corrected chi connectivity index (χ0v) is 22.7. The van der Waals surface area contributed by atoms with Crippen LogP contribution in [-0.2, 0) is 9.59 Å². The van der Waals surface area contributed by atoms with E-state index in [-0.39, 0.29) is 12.5 Å². The van der Waals surface area contributed by atoms with Crippen LogP contribution in [0.15, 0.2) is 24.3 Å². The van der Waals surface area contributed by atoms with E-state index in [1.165, 1.54) is 77.0 Å². The third-order valence-electron chi connectivity index (χ3n) is 6.15. The van der Waals surface area contributed by atoms with Gasteiger partial charge in [0.15, 0.2) is 6.54 Å². The van der Waals surface area contributed by atoms with Crippen LogP contribution in [0, 0.1) is 0 Å². The number of carboxylic acids is 1. The minimum atomic E-state index is -0.788. The molecule has 0 spiro atoms. The third-order valence-corrected chi connectivity index (χ3v) is 6.15. The minimum absolute atomic E-state index is 0.0953. The number of hydrogen-bond donors (Lipinski definition) is 2.